The summed E-state index contributed by atoms with van der Waals surface area (Å²) in [5.41, 5.74) is 1.94. The zero-order chi connectivity index (χ0) is 13.9. The van der Waals surface area contributed by atoms with Crippen LogP contribution in [0.3, 0.4) is 0 Å². The molecule has 0 unspecified atom stereocenters. The van der Waals surface area contributed by atoms with E-state index in [0.717, 1.165) is 22.6 Å². The number of rotatable bonds is 4. The van der Waals surface area contributed by atoms with E-state index >= 15 is 0 Å². The van der Waals surface area contributed by atoms with E-state index in [1.807, 2.05) is 24.3 Å². The van der Waals surface area contributed by atoms with Gasteiger partial charge in [0.1, 0.15) is 5.82 Å². The molecule has 104 valence electrons. The molecular weight excluding hydrogens is 325 g/mol. The molecule has 20 heavy (non-hydrogen) atoms. The molecule has 0 amide bonds. The number of nitrogens with one attached hydrogen (secondary N) is 1. The first kappa shape index (κ1) is 13.4. The molecule has 0 atom stereocenters. The molecule has 0 bridgehead atoms. The lowest BCUT2D eigenvalue weighted by molar-refractivity contribution is 0.173. The second-order valence-corrected chi connectivity index (χ2v) is 5.36. The highest BCUT2D eigenvalue weighted by atomic mass is 79.9. The molecule has 0 aliphatic carbocycles. The van der Waals surface area contributed by atoms with Gasteiger partial charge in [0.2, 0.25) is 6.79 Å². The highest BCUT2D eigenvalue weighted by molar-refractivity contribution is 9.10. The first-order valence-electron chi connectivity index (χ1n) is 6.26. The van der Waals surface area contributed by atoms with Crippen LogP contribution in [0.15, 0.2) is 40.9 Å². The molecule has 5 heteroatoms. The van der Waals surface area contributed by atoms with Crippen LogP contribution in [0.4, 0.5) is 4.39 Å². The summed E-state index contributed by atoms with van der Waals surface area (Å²) in [5, 5.41) is 3.28. The Bertz CT molecular complexity index is 633. The fourth-order valence-corrected chi connectivity index (χ4v) is 2.37. The average Bonchev–Trinajstić information content (AvgIpc) is 2.92. The SMILES string of the molecule is Fc1cc(CNCc2cccc3c2OCO3)ccc1Br. The second kappa shape index (κ2) is 5.81. The monoisotopic (exact) mass is 337 g/mol. The minimum absolute atomic E-state index is 0.248. The Hall–Kier alpha value is -1.59. The highest BCUT2D eigenvalue weighted by Crippen LogP contribution is 2.35. The van der Waals surface area contributed by atoms with Crippen molar-refractivity contribution in [2.45, 2.75) is 13.1 Å². The van der Waals surface area contributed by atoms with Crippen molar-refractivity contribution in [3.05, 3.63) is 57.8 Å². The van der Waals surface area contributed by atoms with Crippen LogP contribution in [0.2, 0.25) is 0 Å². The van der Waals surface area contributed by atoms with Crippen molar-refractivity contribution in [1.29, 1.82) is 0 Å². The molecule has 1 aliphatic rings. The molecule has 0 fully saturated rings. The third kappa shape index (κ3) is 2.78. The van der Waals surface area contributed by atoms with Crippen LogP contribution in [0.5, 0.6) is 11.5 Å². The fourth-order valence-electron chi connectivity index (χ4n) is 2.12. The Kier molecular flexibility index (Phi) is 3.89. The van der Waals surface area contributed by atoms with E-state index in [-0.39, 0.29) is 12.6 Å². The molecular formula is C15H13BrFNO2. The lowest BCUT2D eigenvalue weighted by atomic mass is 10.1. The van der Waals surface area contributed by atoms with Crippen molar-refractivity contribution in [2.24, 2.45) is 0 Å². The van der Waals surface area contributed by atoms with Crippen LogP contribution in [0, 0.1) is 5.82 Å². The Morgan fingerprint density at radius 3 is 2.90 bits per heavy atom. The maximum Gasteiger partial charge on any atom is 0.231 e. The van der Waals surface area contributed by atoms with Gasteiger partial charge in [-0.2, -0.15) is 0 Å². The fraction of sp³-hybridized carbons (Fsp3) is 0.200. The number of benzene rings is 2. The molecule has 3 nitrogen and oxygen atoms in total. The van der Waals surface area contributed by atoms with Gasteiger partial charge >= 0.3 is 0 Å². The summed E-state index contributed by atoms with van der Waals surface area (Å²) in [6.07, 6.45) is 0. The quantitative estimate of drug-likeness (QED) is 0.924. The van der Waals surface area contributed by atoms with Crippen LogP contribution >= 0.6 is 15.9 Å². The summed E-state index contributed by atoms with van der Waals surface area (Å²) in [6.45, 7) is 1.50. The largest absolute Gasteiger partial charge is 0.454 e. The van der Waals surface area contributed by atoms with E-state index in [0.29, 0.717) is 17.6 Å². The highest BCUT2D eigenvalue weighted by Gasteiger charge is 2.16. The van der Waals surface area contributed by atoms with E-state index in [9.17, 15) is 4.39 Å². The lowest BCUT2D eigenvalue weighted by Gasteiger charge is -2.08. The van der Waals surface area contributed by atoms with Gasteiger partial charge in [-0.1, -0.05) is 18.2 Å². The molecule has 1 N–H and O–H groups in total. The molecule has 3 rings (SSSR count). The first-order chi connectivity index (χ1) is 9.74. The van der Waals surface area contributed by atoms with Gasteiger partial charge in [0, 0.05) is 18.7 Å². The second-order valence-electron chi connectivity index (χ2n) is 4.50. The zero-order valence-electron chi connectivity index (χ0n) is 10.7. The maximum absolute atomic E-state index is 13.4. The molecule has 0 aromatic heterocycles. The van der Waals surface area contributed by atoms with Gasteiger partial charge in [0.15, 0.2) is 11.5 Å². The summed E-state index contributed by atoms with van der Waals surface area (Å²) in [4.78, 5) is 0. The van der Waals surface area contributed by atoms with Gasteiger partial charge in [-0.05, 0) is 39.7 Å². The Balaban J connectivity index is 1.63. The van der Waals surface area contributed by atoms with Crippen LogP contribution < -0.4 is 14.8 Å². The van der Waals surface area contributed by atoms with E-state index < -0.39 is 0 Å². The van der Waals surface area contributed by atoms with Crippen molar-refractivity contribution in [2.75, 3.05) is 6.79 Å². The van der Waals surface area contributed by atoms with Crippen LogP contribution in [0.25, 0.3) is 0 Å². The summed E-state index contributed by atoms with van der Waals surface area (Å²) >= 11 is 3.14. The lowest BCUT2D eigenvalue weighted by Crippen LogP contribution is -2.13. The number of halogens is 2. The Morgan fingerprint density at radius 2 is 2.05 bits per heavy atom. The third-order valence-corrected chi connectivity index (χ3v) is 3.75. The molecule has 1 aliphatic heterocycles. The normalized spacial score (nSPS) is 12.7. The molecule has 0 spiro atoms. The molecule has 1 heterocycles. The van der Waals surface area contributed by atoms with E-state index in [2.05, 4.69) is 21.2 Å². The van der Waals surface area contributed by atoms with Crippen LogP contribution in [-0.2, 0) is 13.1 Å². The van der Waals surface area contributed by atoms with Crippen LogP contribution in [0.1, 0.15) is 11.1 Å². The molecule has 0 saturated carbocycles. The zero-order valence-corrected chi connectivity index (χ0v) is 12.2. The predicted octanol–water partition coefficient (Wildman–Crippen LogP) is 3.61. The minimum Gasteiger partial charge on any atom is -0.454 e. The summed E-state index contributed by atoms with van der Waals surface area (Å²) in [7, 11) is 0. The molecule has 2 aromatic carbocycles. The smallest absolute Gasteiger partial charge is 0.231 e. The van der Waals surface area contributed by atoms with Crippen molar-refractivity contribution < 1.29 is 13.9 Å². The summed E-state index contributed by atoms with van der Waals surface area (Å²) in [6, 6.07) is 10.9. The average molecular weight is 338 g/mol. The van der Waals surface area contributed by atoms with Crippen molar-refractivity contribution in [3.8, 4) is 11.5 Å². The van der Waals surface area contributed by atoms with Gasteiger partial charge in [0.05, 0.1) is 4.47 Å². The van der Waals surface area contributed by atoms with Gasteiger partial charge in [-0.15, -0.1) is 0 Å². The number of para-hydroxylation sites is 1. The standard InChI is InChI=1S/C15H13BrFNO2/c16-12-5-4-10(6-13(12)17)7-18-8-11-2-1-3-14-15(11)20-9-19-14/h1-6,18H,7-9H2. The molecule has 0 saturated heterocycles. The maximum atomic E-state index is 13.4. The van der Waals surface area contributed by atoms with Gasteiger partial charge in [-0.3, -0.25) is 0 Å². The van der Waals surface area contributed by atoms with Gasteiger partial charge in [-0.25, -0.2) is 4.39 Å². The van der Waals surface area contributed by atoms with E-state index in [1.54, 1.807) is 6.07 Å². The predicted molar refractivity (Wildman–Crippen MR) is 77.2 cm³/mol. The first-order valence-corrected chi connectivity index (χ1v) is 7.05. The summed E-state index contributed by atoms with van der Waals surface area (Å²) in [5.74, 6) is 1.32. The van der Waals surface area contributed by atoms with Gasteiger partial charge < -0.3 is 14.8 Å². The number of hydrogen-bond acceptors (Lipinski definition) is 3. The minimum atomic E-state index is -0.248. The Morgan fingerprint density at radius 1 is 1.15 bits per heavy atom. The third-order valence-electron chi connectivity index (χ3n) is 3.11. The number of hydrogen-bond donors (Lipinski definition) is 1. The number of fused-ring (bicyclic) bond motifs is 1. The summed E-state index contributed by atoms with van der Waals surface area (Å²) < 4.78 is 24.6. The topological polar surface area (TPSA) is 30.5 Å². The van der Waals surface area contributed by atoms with Crippen molar-refractivity contribution in [3.63, 3.8) is 0 Å². The number of ether oxygens (including phenoxy) is 2. The molecule has 2 aromatic rings. The molecule has 0 radical (unpaired) electrons. The van der Waals surface area contributed by atoms with Gasteiger partial charge in [0.25, 0.3) is 0 Å². The van der Waals surface area contributed by atoms with Crippen molar-refractivity contribution >= 4 is 15.9 Å². The Labute approximate surface area is 124 Å². The van der Waals surface area contributed by atoms with Crippen LogP contribution in [-0.4, -0.2) is 6.79 Å². The van der Waals surface area contributed by atoms with E-state index in [4.69, 9.17) is 9.47 Å². The van der Waals surface area contributed by atoms with E-state index in [1.165, 1.54) is 6.07 Å². The van der Waals surface area contributed by atoms with Crippen molar-refractivity contribution in [1.82, 2.24) is 5.32 Å².